The van der Waals surface area contributed by atoms with E-state index in [9.17, 15) is 9.59 Å². The molecule has 6 nitrogen and oxygen atoms in total. The van der Waals surface area contributed by atoms with Gasteiger partial charge in [-0.25, -0.2) is 4.98 Å². The van der Waals surface area contributed by atoms with Crippen LogP contribution < -0.4 is 15.0 Å². The van der Waals surface area contributed by atoms with E-state index in [1.54, 1.807) is 42.6 Å². The van der Waals surface area contributed by atoms with Gasteiger partial charge in [-0.3, -0.25) is 14.5 Å². The van der Waals surface area contributed by atoms with Crippen LogP contribution in [-0.4, -0.2) is 28.7 Å². The van der Waals surface area contributed by atoms with Crippen LogP contribution in [0.2, 0.25) is 0 Å². The number of aromatic nitrogens is 1. The Labute approximate surface area is 183 Å². The van der Waals surface area contributed by atoms with E-state index < -0.39 is 0 Å². The Morgan fingerprint density at radius 3 is 2.67 bits per heavy atom. The fraction of sp³-hybridized carbons (Fsp3) is 0.174. The van der Waals surface area contributed by atoms with Crippen molar-refractivity contribution < 1.29 is 14.3 Å². The molecule has 2 amide bonds. The molecule has 2 aromatic carbocycles. The predicted octanol–water partition coefficient (Wildman–Crippen LogP) is 4.72. The molecule has 0 saturated heterocycles. The topological polar surface area (TPSA) is 71.5 Å². The van der Waals surface area contributed by atoms with Crippen molar-refractivity contribution in [3.05, 3.63) is 78.0 Å². The van der Waals surface area contributed by atoms with Gasteiger partial charge < -0.3 is 10.1 Å². The van der Waals surface area contributed by atoms with Gasteiger partial charge in [0, 0.05) is 11.5 Å². The van der Waals surface area contributed by atoms with Crippen LogP contribution in [0.15, 0.2) is 66.9 Å². The largest absolute Gasteiger partial charge is 0.494 e. The van der Waals surface area contributed by atoms with Gasteiger partial charge in [-0.1, -0.05) is 40.2 Å². The normalized spacial score (nSPS) is 12.4. The Morgan fingerprint density at radius 1 is 1.07 bits per heavy atom. The minimum absolute atomic E-state index is 0.167. The van der Waals surface area contributed by atoms with Gasteiger partial charge >= 0.3 is 0 Å². The molecule has 1 aliphatic rings. The summed E-state index contributed by atoms with van der Waals surface area (Å²) in [4.78, 5) is 31.9. The quantitative estimate of drug-likeness (QED) is 0.422. The summed E-state index contributed by atoms with van der Waals surface area (Å²) in [7, 11) is 0. The first-order chi connectivity index (χ1) is 14.7. The van der Waals surface area contributed by atoms with Gasteiger partial charge in [-0.05, 0) is 48.4 Å². The maximum Gasteiger partial charge on any atom is 0.257 e. The number of hydrogen-bond donors (Lipinski definition) is 1. The highest BCUT2D eigenvalue weighted by Crippen LogP contribution is 2.36. The number of amides is 2. The van der Waals surface area contributed by atoms with E-state index in [-0.39, 0.29) is 18.2 Å². The molecule has 0 saturated carbocycles. The van der Waals surface area contributed by atoms with Crippen molar-refractivity contribution in [1.82, 2.24) is 4.98 Å². The summed E-state index contributed by atoms with van der Waals surface area (Å²) in [6.07, 6.45) is 2.70. The third-order valence-electron chi connectivity index (χ3n) is 4.71. The minimum atomic E-state index is -0.264. The molecule has 7 heteroatoms. The molecule has 1 aliphatic heterocycles. The van der Waals surface area contributed by atoms with Crippen LogP contribution >= 0.6 is 15.9 Å². The number of nitrogens with zero attached hydrogens (tertiary/aromatic N) is 2. The maximum absolute atomic E-state index is 13.4. The summed E-state index contributed by atoms with van der Waals surface area (Å²) in [5.41, 5.74) is 2.31. The average Bonchev–Trinajstić information content (AvgIpc) is 2.89. The zero-order chi connectivity index (χ0) is 20.9. The minimum Gasteiger partial charge on any atom is -0.494 e. The van der Waals surface area contributed by atoms with E-state index in [4.69, 9.17) is 4.74 Å². The molecule has 30 heavy (non-hydrogen) atoms. The van der Waals surface area contributed by atoms with Crippen LogP contribution in [0.1, 0.15) is 22.3 Å². The Morgan fingerprint density at radius 2 is 1.87 bits per heavy atom. The monoisotopic (exact) mass is 465 g/mol. The molecule has 0 radical (unpaired) electrons. The maximum atomic E-state index is 13.4. The molecule has 3 aromatic rings. The van der Waals surface area contributed by atoms with Crippen LogP contribution in [0.25, 0.3) is 0 Å². The number of para-hydroxylation sites is 1. The molecule has 0 unspecified atom stereocenters. The molecule has 0 bridgehead atoms. The molecular weight excluding hydrogens is 446 g/mol. The highest BCUT2D eigenvalue weighted by Gasteiger charge is 2.30. The third-order valence-corrected chi connectivity index (χ3v) is 5.27. The van der Waals surface area contributed by atoms with E-state index in [2.05, 4.69) is 26.2 Å². The van der Waals surface area contributed by atoms with E-state index in [0.29, 0.717) is 29.4 Å². The number of ether oxygens (including phenoxy) is 1. The highest BCUT2D eigenvalue weighted by molar-refractivity contribution is 9.09. The van der Waals surface area contributed by atoms with Gasteiger partial charge in [0.25, 0.3) is 5.91 Å². The fourth-order valence-corrected chi connectivity index (χ4v) is 3.52. The highest BCUT2D eigenvalue weighted by atomic mass is 79.9. The first kappa shape index (κ1) is 20.1. The van der Waals surface area contributed by atoms with Crippen molar-refractivity contribution in [2.24, 2.45) is 0 Å². The number of alkyl halides is 1. The number of carbonyl (C=O) groups excluding carboxylic acids is 2. The number of carbonyl (C=O) groups is 2. The van der Waals surface area contributed by atoms with E-state index >= 15 is 0 Å². The summed E-state index contributed by atoms with van der Waals surface area (Å²) in [5.74, 6) is 0.747. The van der Waals surface area contributed by atoms with E-state index in [0.717, 1.165) is 23.1 Å². The number of nitrogens with one attached hydrogen (secondary N) is 1. The summed E-state index contributed by atoms with van der Waals surface area (Å²) in [6, 6.07) is 18.0. The summed E-state index contributed by atoms with van der Waals surface area (Å²) < 4.78 is 5.66. The Hall–Kier alpha value is -3.19. The van der Waals surface area contributed by atoms with Crippen molar-refractivity contribution in [3.8, 4) is 5.75 Å². The van der Waals surface area contributed by atoms with Crippen molar-refractivity contribution in [2.45, 2.75) is 12.8 Å². The summed E-state index contributed by atoms with van der Waals surface area (Å²) >= 11 is 3.38. The second-order valence-electron chi connectivity index (χ2n) is 6.79. The first-order valence-electron chi connectivity index (χ1n) is 9.63. The van der Waals surface area contributed by atoms with Crippen LogP contribution in [0.5, 0.6) is 5.75 Å². The number of halogens is 1. The molecule has 4 rings (SSSR count). The van der Waals surface area contributed by atoms with E-state index in [1.807, 2.05) is 24.3 Å². The summed E-state index contributed by atoms with van der Waals surface area (Å²) in [5, 5.41) is 3.74. The van der Waals surface area contributed by atoms with Gasteiger partial charge in [0.1, 0.15) is 5.75 Å². The molecule has 0 fully saturated rings. The first-order valence-corrected chi connectivity index (χ1v) is 10.8. The molecule has 1 aromatic heterocycles. The van der Waals surface area contributed by atoms with Crippen LogP contribution in [0.4, 0.5) is 17.2 Å². The van der Waals surface area contributed by atoms with Crippen molar-refractivity contribution in [2.75, 3.05) is 22.2 Å². The number of benzene rings is 2. The lowest BCUT2D eigenvalue weighted by Gasteiger charge is -2.23. The molecule has 0 atom stereocenters. The molecule has 2 heterocycles. The average molecular weight is 466 g/mol. The SMILES string of the molecule is O=C1Nc2cccnc2N(C(=O)Cc2ccc(OCCCBr)cc2)c2ccccc21. The van der Waals surface area contributed by atoms with Gasteiger partial charge in [0.15, 0.2) is 5.82 Å². The Kier molecular flexibility index (Phi) is 6.09. The molecule has 1 N–H and O–H groups in total. The van der Waals surface area contributed by atoms with Gasteiger partial charge in [0.2, 0.25) is 5.91 Å². The summed E-state index contributed by atoms with van der Waals surface area (Å²) in [6.45, 7) is 0.636. The lowest BCUT2D eigenvalue weighted by atomic mass is 10.1. The second kappa shape index (κ2) is 9.09. The number of hydrogen-bond acceptors (Lipinski definition) is 4. The van der Waals surface area contributed by atoms with Crippen LogP contribution in [-0.2, 0) is 11.2 Å². The lowest BCUT2D eigenvalue weighted by Crippen LogP contribution is -2.28. The van der Waals surface area contributed by atoms with Crippen molar-refractivity contribution in [3.63, 3.8) is 0 Å². The van der Waals surface area contributed by atoms with Gasteiger partial charge in [-0.15, -0.1) is 0 Å². The van der Waals surface area contributed by atoms with Crippen LogP contribution in [0.3, 0.4) is 0 Å². The fourth-order valence-electron chi connectivity index (χ4n) is 3.29. The zero-order valence-corrected chi connectivity index (χ0v) is 17.8. The van der Waals surface area contributed by atoms with Gasteiger partial charge in [-0.2, -0.15) is 0 Å². The number of rotatable bonds is 6. The van der Waals surface area contributed by atoms with Crippen molar-refractivity contribution >= 4 is 44.9 Å². The third kappa shape index (κ3) is 4.21. The smallest absolute Gasteiger partial charge is 0.257 e. The van der Waals surface area contributed by atoms with E-state index in [1.165, 1.54) is 4.90 Å². The number of fused-ring (bicyclic) bond motifs is 2. The molecule has 152 valence electrons. The Bertz CT molecular complexity index is 1070. The Balaban J connectivity index is 1.62. The molecular formula is C23H20BrN3O3. The number of anilines is 3. The lowest BCUT2D eigenvalue weighted by molar-refractivity contribution is -0.117. The molecule has 0 aliphatic carbocycles. The second-order valence-corrected chi connectivity index (χ2v) is 7.58. The van der Waals surface area contributed by atoms with Crippen LogP contribution in [0, 0.1) is 0 Å². The standard InChI is InChI=1S/C23H20BrN3O3/c24-12-4-14-30-17-10-8-16(9-11-17)15-21(28)27-20-7-2-1-5-18(20)23(29)26-19-6-3-13-25-22(19)27/h1-3,5-11,13H,4,12,14-15H2,(H,26,29). The number of pyridine rings is 1. The van der Waals surface area contributed by atoms with Gasteiger partial charge in [0.05, 0.1) is 30.0 Å². The zero-order valence-electron chi connectivity index (χ0n) is 16.2. The van der Waals surface area contributed by atoms with Crippen molar-refractivity contribution in [1.29, 1.82) is 0 Å². The molecule has 0 spiro atoms. The predicted molar refractivity (Wildman–Crippen MR) is 120 cm³/mol.